The van der Waals surface area contributed by atoms with Crippen LogP contribution in [0.3, 0.4) is 0 Å². The molecule has 0 saturated carbocycles. The highest BCUT2D eigenvalue weighted by molar-refractivity contribution is 6.30. The average Bonchev–Trinajstić information content (AvgIpc) is 3.33. The molecule has 1 aromatic carbocycles. The number of nitrogens with one attached hydrogen (secondary N) is 1. The Morgan fingerprint density at radius 1 is 1.29 bits per heavy atom. The van der Waals surface area contributed by atoms with Crippen molar-refractivity contribution in [3.05, 3.63) is 59.4 Å². The molecule has 1 aliphatic heterocycles. The van der Waals surface area contributed by atoms with Crippen LogP contribution in [0.1, 0.15) is 23.8 Å². The van der Waals surface area contributed by atoms with E-state index in [1.54, 1.807) is 53.1 Å². The van der Waals surface area contributed by atoms with E-state index in [-0.39, 0.29) is 17.5 Å². The predicted molar refractivity (Wildman–Crippen MR) is 104 cm³/mol. The number of hydrogen-bond donors (Lipinski definition) is 1. The van der Waals surface area contributed by atoms with Crippen molar-refractivity contribution in [1.29, 1.82) is 0 Å². The van der Waals surface area contributed by atoms with Gasteiger partial charge in [-0.1, -0.05) is 17.7 Å². The highest BCUT2D eigenvalue weighted by atomic mass is 35.5. The van der Waals surface area contributed by atoms with Gasteiger partial charge in [-0.3, -0.25) is 9.59 Å². The molecular formula is C20H19ClN4O3. The lowest BCUT2D eigenvalue weighted by Crippen LogP contribution is -2.45. The lowest BCUT2D eigenvalue weighted by atomic mass is 10.2. The molecule has 0 spiro atoms. The van der Waals surface area contributed by atoms with Crippen LogP contribution in [0.4, 0.5) is 0 Å². The second-order valence-corrected chi connectivity index (χ2v) is 7.04. The fourth-order valence-electron chi connectivity index (χ4n) is 3.26. The van der Waals surface area contributed by atoms with Gasteiger partial charge in [-0.25, -0.2) is 4.68 Å². The Kier molecular flexibility index (Phi) is 4.92. The number of hydrogen-bond acceptors (Lipinski definition) is 4. The maximum absolute atomic E-state index is 13.2. The molecule has 1 N–H and O–H groups in total. The Morgan fingerprint density at radius 3 is 2.89 bits per heavy atom. The topological polar surface area (TPSA) is 80.4 Å². The summed E-state index contributed by atoms with van der Waals surface area (Å²) in [4.78, 5) is 26.8. The van der Waals surface area contributed by atoms with Crippen molar-refractivity contribution in [2.75, 3.05) is 13.1 Å². The fourth-order valence-corrected chi connectivity index (χ4v) is 3.44. The van der Waals surface area contributed by atoms with E-state index < -0.39 is 6.04 Å². The number of carbonyl (C=O) groups excluding carboxylic acids is 2. The van der Waals surface area contributed by atoms with Crippen molar-refractivity contribution in [2.45, 2.75) is 19.4 Å². The van der Waals surface area contributed by atoms with E-state index in [0.29, 0.717) is 41.7 Å². The number of halogens is 1. The molecule has 0 aliphatic carbocycles. The summed E-state index contributed by atoms with van der Waals surface area (Å²) in [5.41, 5.74) is 1.58. The quantitative estimate of drug-likeness (QED) is 0.735. The summed E-state index contributed by atoms with van der Waals surface area (Å²) in [6.07, 6.45) is 2.26. The molecule has 1 unspecified atom stereocenters. The molecule has 144 valence electrons. The first-order valence-electron chi connectivity index (χ1n) is 9.03. The molecule has 8 heteroatoms. The van der Waals surface area contributed by atoms with E-state index in [1.807, 2.05) is 12.1 Å². The van der Waals surface area contributed by atoms with Crippen molar-refractivity contribution >= 4 is 23.4 Å². The van der Waals surface area contributed by atoms with Crippen molar-refractivity contribution in [3.63, 3.8) is 0 Å². The van der Waals surface area contributed by atoms with Crippen LogP contribution in [-0.2, 0) is 4.79 Å². The minimum Gasteiger partial charge on any atom is -0.463 e. The van der Waals surface area contributed by atoms with Crippen molar-refractivity contribution < 1.29 is 14.0 Å². The van der Waals surface area contributed by atoms with Gasteiger partial charge in [0.1, 0.15) is 11.7 Å². The van der Waals surface area contributed by atoms with Gasteiger partial charge in [-0.2, -0.15) is 5.10 Å². The minimum atomic E-state index is -0.557. The molecule has 1 fully saturated rings. The third-order valence-corrected chi connectivity index (χ3v) is 4.97. The third-order valence-electron chi connectivity index (χ3n) is 4.74. The Balaban J connectivity index is 1.77. The molecule has 4 rings (SSSR count). The molecule has 3 aromatic rings. The summed E-state index contributed by atoms with van der Waals surface area (Å²) in [5, 5.41) is 7.89. The summed E-state index contributed by atoms with van der Waals surface area (Å²) in [6, 6.07) is 11.9. The SMILES string of the molecule is CC1C(=O)NCCCN1C(=O)c1cc(-c2ccco2)n(-c2cccc(Cl)c2)n1. The molecule has 3 heterocycles. The minimum absolute atomic E-state index is 0.161. The fraction of sp³-hybridized carbons (Fsp3) is 0.250. The monoisotopic (exact) mass is 398 g/mol. The molecule has 2 amide bonds. The zero-order valence-corrected chi connectivity index (χ0v) is 16.0. The van der Waals surface area contributed by atoms with E-state index in [9.17, 15) is 9.59 Å². The Hall–Kier alpha value is -3.06. The first kappa shape index (κ1) is 18.3. The van der Waals surface area contributed by atoms with Gasteiger partial charge in [0.15, 0.2) is 11.5 Å². The highest BCUT2D eigenvalue weighted by Gasteiger charge is 2.30. The summed E-state index contributed by atoms with van der Waals surface area (Å²) in [7, 11) is 0. The Bertz CT molecular complexity index is 1010. The van der Waals surface area contributed by atoms with E-state index in [2.05, 4.69) is 10.4 Å². The zero-order chi connectivity index (χ0) is 19.7. The van der Waals surface area contributed by atoms with E-state index in [4.69, 9.17) is 16.0 Å². The second kappa shape index (κ2) is 7.52. The molecule has 7 nitrogen and oxygen atoms in total. The lowest BCUT2D eigenvalue weighted by Gasteiger charge is -2.24. The number of aromatic nitrogens is 2. The van der Waals surface area contributed by atoms with E-state index in [0.717, 1.165) is 0 Å². The van der Waals surface area contributed by atoms with Crippen LogP contribution in [0.15, 0.2) is 53.1 Å². The second-order valence-electron chi connectivity index (χ2n) is 6.60. The third kappa shape index (κ3) is 3.41. The van der Waals surface area contributed by atoms with Gasteiger partial charge in [0.05, 0.1) is 12.0 Å². The van der Waals surface area contributed by atoms with Gasteiger partial charge in [-0.05, 0) is 43.7 Å². The van der Waals surface area contributed by atoms with Crippen LogP contribution in [0.2, 0.25) is 5.02 Å². The maximum atomic E-state index is 13.2. The number of amides is 2. The summed E-state index contributed by atoms with van der Waals surface area (Å²) >= 11 is 6.13. The van der Waals surface area contributed by atoms with Gasteiger partial charge in [0.25, 0.3) is 5.91 Å². The van der Waals surface area contributed by atoms with Gasteiger partial charge in [0.2, 0.25) is 5.91 Å². The first-order chi connectivity index (χ1) is 13.5. The molecule has 2 aromatic heterocycles. The molecular weight excluding hydrogens is 380 g/mol. The van der Waals surface area contributed by atoms with Crippen molar-refractivity contribution in [1.82, 2.24) is 20.0 Å². The molecule has 1 atom stereocenters. The lowest BCUT2D eigenvalue weighted by molar-refractivity contribution is -0.124. The number of furan rings is 1. The maximum Gasteiger partial charge on any atom is 0.275 e. The van der Waals surface area contributed by atoms with Gasteiger partial charge >= 0.3 is 0 Å². The highest BCUT2D eigenvalue weighted by Crippen LogP contribution is 2.26. The average molecular weight is 399 g/mol. The molecule has 0 bridgehead atoms. The smallest absolute Gasteiger partial charge is 0.275 e. The molecule has 1 aliphatic rings. The summed E-state index contributed by atoms with van der Waals surface area (Å²) in [5.74, 6) is 0.123. The van der Waals surface area contributed by atoms with Gasteiger partial charge in [-0.15, -0.1) is 0 Å². The zero-order valence-electron chi connectivity index (χ0n) is 15.3. The normalized spacial score (nSPS) is 17.3. The summed E-state index contributed by atoms with van der Waals surface area (Å²) in [6.45, 7) is 2.76. The van der Waals surface area contributed by atoms with Gasteiger partial charge < -0.3 is 14.6 Å². The van der Waals surface area contributed by atoms with Crippen molar-refractivity contribution in [2.24, 2.45) is 0 Å². The van der Waals surface area contributed by atoms with Crippen LogP contribution in [0, 0.1) is 0 Å². The molecule has 1 saturated heterocycles. The van der Waals surface area contributed by atoms with Crippen molar-refractivity contribution in [3.8, 4) is 17.1 Å². The van der Waals surface area contributed by atoms with Crippen LogP contribution in [0.5, 0.6) is 0 Å². The first-order valence-corrected chi connectivity index (χ1v) is 9.41. The van der Waals surface area contributed by atoms with E-state index in [1.165, 1.54) is 0 Å². The Labute approximate surface area is 166 Å². The van der Waals surface area contributed by atoms with Crippen LogP contribution in [0.25, 0.3) is 17.1 Å². The molecule has 28 heavy (non-hydrogen) atoms. The van der Waals surface area contributed by atoms with Crippen LogP contribution in [-0.4, -0.2) is 45.6 Å². The number of carbonyl (C=O) groups is 2. The van der Waals surface area contributed by atoms with Gasteiger partial charge in [0, 0.05) is 24.2 Å². The summed E-state index contributed by atoms with van der Waals surface area (Å²) < 4.78 is 7.15. The number of rotatable bonds is 3. The standard InChI is InChI=1S/C20H19ClN4O3/c1-13-19(26)22-8-4-9-24(13)20(27)16-12-17(18-7-3-10-28-18)25(23-16)15-6-2-5-14(21)11-15/h2-3,5-7,10-13H,4,8-9H2,1H3,(H,22,26). The number of benzene rings is 1. The largest absolute Gasteiger partial charge is 0.463 e. The predicted octanol–water partition coefficient (Wildman–Crippen LogP) is 3.14. The van der Waals surface area contributed by atoms with Crippen LogP contribution < -0.4 is 5.32 Å². The molecule has 0 radical (unpaired) electrons. The van der Waals surface area contributed by atoms with E-state index >= 15 is 0 Å². The number of nitrogens with zero attached hydrogens (tertiary/aromatic N) is 3. The van der Waals surface area contributed by atoms with Crippen LogP contribution >= 0.6 is 11.6 Å². The Morgan fingerprint density at radius 2 is 2.14 bits per heavy atom.